The Kier molecular flexibility index (Phi) is 5.22. The summed E-state index contributed by atoms with van der Waals surface area (Å²) in [5.74, 6) is 0. The number of nitrogens with one attached hydrogen (secondary N) is 2. The van der Waals surface area contributed by atoms with Crippen LogP contribution in [0.4, 0.5) is 11.4 Å². The van der Waals surface area contributed by atoms with Gasteiger partial charge in [0.05, 0.1) is 22.8 Å². The second-order valence-electron chi connectivity index (χ2n) is 5.41. The first-order chi connectivity index (χ1) is 11.2. The van der Waals surface area contributed by atoms with E-state index in [1.807, 2.05) is 31.2 Å². The summed E-state index contributed by atoms with van der Waals surface area (Å²) in [6, 6.07) is 15.5. The number of hydrogen-bond acceptors (Lipinski definition) is 4. The molecule has 7 heteroatoms. The molecule has 2 heterocycles. The highest BCUT2D eigenvalue weighted by Gasteiger charge is 2.10. The lowest BCUT2D eigenvalue weighted by molar-refractivity contribution is 0.824. The molecular formula is C18H16ClN5O. The van der Waals surface area contributed by atoms with Crippen LogP contribution in [0.25, 0.3) is 21.9 Å². The highest BCUT2D eigenvalue weighted by Crippen LogP contribution is 2.31. The minimum atomic E-state index is 0. The van der Waals surface area contributed by atoms with E-state index in [0.29, 0.717) is 5.56 Å². The van der Waals surface area contributed by atoms with E-state index in [9.17, 15) is 0 Å². The standard InChI is InChI=1S/C18H13N5.ClH.H2O/c1-11-8-16(23-13-4-2-12(9-19)3-5-13)17-14(22-11)6-7-15-18(17)21-10-20-15;;/h2-8,10,22-23H,1H3;1H;1H2. The predicted octanol–water partition coefficient (Wildman–Crippen LogP) is 3.63. The molecule has 6 nitrogen and oxygen atoms in total. The van der Waals surface area contributed by atoms with Gasteiger partial charge in [0.15, 0.2) is 0 Å². The molecule has 25 heavy (non-hydrogen) atoms. The molecule has 0 amide bonds. The Morgan fingerprint density at radius 2 is 1.84 bits per heavy atom. The molecule has 0 spiro atoms. The van der Waals surface area contributed by atoms with Crippen LogP contribution in [0.15, 0.2) is 48.8 Å². The molecule has 2 aromatic heterocycles. The van der Waals surface area contributed by atoms with Gasteiger partial charge in [0.1, 0.15) is 11.8 Å². The van der Waals surface area contributed by atoms with Gasteiger partial charge in [-0.05, 0) is 49.4 Å². The van der Waals surface area contributed by atoms with Gasteiger partial charge in [0.25, 0.3) is 0 Å². The smallest absolute Gasteiger partial charge is 0.116 e. The van der Waals surface area contributed by atoms with E-state index in [1.165, 1.54) is 0 Å². The van der Waals surface area contributed by atoms with Crippen molar-refractivity contribution >= 4 is 45.7 Å². The van der Waals surface area contributed by atoms with E-state index >= 15 is 0 Å². The number of nitriles is 1. The second kappa shape index (κ2) is 7.18. The van der Waals surface area contributed by atoms with Crippen LogP contribution in [0.1, 0.15) is 11.3 Å². The van der Waals surface area contributed by atoms with Crippen LogP contribution < -0.4 is 5.32 Å². The van der Waals surface area contributed by atoms with Crippen molar-refractivity contribution in [3.63, 3.8) is 0 Å². The number of rotatable bonds is 2. The first-order valence-electron chi connectivity index (χ1n) is 7.25. The van der Waals surface area contributed by atoms with Crippen LogP contribution in [0, 0.1) is 18.3 Å². The summed E-state index contributed by atoms with van der Waals surface area (Å²) >= 11 is 0. The lowest BCUT2D eigenvalue weighted by Gasteiger charge is -2.12. The maximum atomic E-state index is 8.90. The highest BCUT2D eigenvalue weighted by atomic mass is 35.5. The molecule has 0 unspecified atom stereocenters. The summed E-state index contributed by atoms with van der Waals surface area (Å²) in [6.45, 7) is 2.02. The van der Waals surface area contributed by atoms with Gasteiger partial charge in [-0.3, -0.25) is 0 Å². The SMILES string of the molecule is Cc1cc(Nc2ccc(C#N)cc2)c2c(ccc3ncnc32)[nH]1.Cl.O. The maximum absolute atomic E-state index is 8.90. The van der Waals surface area contributed by atoms with Crippen molar-refractivity contribution in [3.05, 3.63) is 60.0 Å². The van der Waals surface area contributed by atoms with Crippen LogP contribution in [0.2, 0.25) is 0 Å². The molecule has 0 aliphatic carbocycles. The lowest BCUT2D eigenvalue weighted by atomic mass is 10.1. The first kappa shape index (κ1) is 18.2. The Hall–Kier alpha value is -3.14. The van der Waals surface area contributed by atoms with Crippen molar-refractivity contribution in [2.24, 2.45) is 0 Å². The van der Waals surface area contributed by atoms with Gasteiger partial charge in [-0.15, -0.1) is 12.4 Å². The first-order valence-corrected chi connectivity index (χ1v) is 7.25. The van der Waals surface area contributed by atoms with E-state index in [0.717, 1.165) is 39.0 Å². The number of aromatic nitrogens is 3. The third kappa shape index (κ3) is 3.24. The van der Waals surface area contributed by atoms with Crippen molar-refractivity contribution < 1.29 is 5.48 Å². The largest absolute Gasteiger partial charge is 0.412 e. The average Bonchev–Trinajstić information content (AvgIpc) is 3.03. The monoisotopic (exact) mass is 353 g/mol. The molecule has 126 valence electrons. The van der Waals surface area contributed by atoms with E-state index < -0.39 is 0 Å². The predicted molar refractivity (Wildman–Crippen MR) is 101 cm³/mol. The highest BCUT2D eigenvalue weighted by molar-refractivity contribution is 6.10. The van der Waals surface area contributed by atoms with Crippen molar-refractivity contribution in [2.75, 3.05) is 5.32 Å². The fourth-order valence-electron chi connectivity index (χ4n) is 2.76. The Labute approximate surface area is 150 Å². The summed E-state index contributed by atoms with van der Waals surface area (Å²) in [7, 11) is 0. The average molecular weight is 354 g/mol. The third-order valence-corrected chi connectivity index (χ3v) is 3.80. The van der Waals surface area contributed by atoms with Crippen LogP contribution in [-0.4, -0.2) is 20.4 Å². The quantitative estimate of drug-likeness (QED) is 0.573. The van der Waals surface area contributed by atoms with E-state index in [1.54, 1.807) is 18.5 Å². The third-order valence-electron chi connectivity index (χ3n) is 3.80. The van der Waals surface area contributed by atoms with Gasteiger partial charge in [-0.2, -0.15) is 5.26 Å². The van der Waals surface area contributed by atoms with Gasteiger partial charge in [0.2, 0.25) is 0 Å². The van der Waals surface area contributed by atoms with Crippen LogP contribution in [0.5, 0.6) is 0 Å². The number of imidazole rings is 1. The molecule has 0 radical (unpaired) electrons. The van der Waals surface area contributed by atoms with Crippen molar-refractivity contribution in [1.29, 1.82) is 5.26 Å². The summed E-state index contributed by atoms with van der Waals surface area (Å²) in [4.78, 5) is 12.0. The number of benzene rings is 2. The molecule has 0 saturated carbocycles. The molecule has 0 aliphatic rings. The van der Waals surface area contributed by atoms with Crippen LogP contribution in [-0.2, 0) is 0 Å². The normalized spacial score (nSPS) is 9.92. The minimum absolute atomic E-state index is 0. The molecule has 0 atom stereocenters. The van der Waals surface area contributed by atoms with E-state index in [4.69, 9.17) is 5.26 Å². The van der Waals surface area contributed by atoms with Crippen LogP contribution >= 0.6 is 12.4 Å². The molecule has 4 rings (SSSR count). The zero-order valence-electron chi connectivity index (χ0n) is 13.4. The molecule has 2 aromatic carbocycles. The fraction of sp³-hybridized carbons (Fsp3) is 0.0556. The van der Waals surface area contributed by atoms with Crippen molar-refractivity contribution in [3.8, 4) is 6.07 Å². The Morgan fingerprint density at radius 3 is 2.56 bits per heavy atom. The number of pyridine rings is 1. The Bertz CT molecular complexity index is 1070. The number of anilines is 2. The number of aromatic amines is 1. The van der Waals surface area contributed by atoms with Crippen LogP contribution in [0.3, 0.4) is 0 Å². The van der Waals surface area contributed by atoms with Gasteiger partial charge >= 0.3 is 0 Å². The number of H-pyrrole nitrogens is 1. The maximum Gasteiger partial charge on any atom is 0.116 e. The second-order valence-corrected chi connectivity index (χ2v) is 5.41. The molecule has 0 fully saturated rings. The summed E-state index contributed by atoms with van der Waals surface area (Å²) in [6.07, 6.45) is 1.58. The lowest BCUT2D eigenvalue weighted by Crippen LogP contribution is -1.95. The number of aryl methyl sites for hydroxylation is 1. The van der Waals surface area contributed by atoms with E-state index in [2.05, 4.69) is 32.4 Å². The van der Waals surface area contributed by atoms with Gasteiger partial charge in [-0.1, -0.05) is 0 Å². The summed E-state index contributed by atoms with van der Waals surface area (Å²) < 4.78 is 0. The summed E-state index contributed by atoms with van der Waals surface area (Å²) in [5, 5.41) is 13.3. The summed E-state index contributed by atoms with van der Waals surface area (Å²) in [5.41, 5.74) is 6.33. The zero-order chi connectivity index (χ0) is 15.8. The minimum Gasteiger partial charge on any atom is -0.412 e. The number of nitrogens with zero attached hydrogens (tertiary/aromatic N) is 3. The Balaban J connectivity index is 0.00000113. The number of fused-ring (bicyclic) bond motifs is 3. The number of halogens is 1. The molecule has 4 aromatic rings. The molecule has 0 aliphatic heterocycles. The van der Waals surface area contributed by atoms with Crippen molar-refractivity contribution in [2.45, 2.75) is 6.92 Å². The number of hydrogen-bond donors (Lipinski definition) is 2. The van der Waals surface area contributed by atoms with Crippen molar-refractivity contribution in [1.82, 2.24) is 15.0 Å². The molecule has 4 N–H and O–H groups in total. The molecule has 0 saturated heterocycles. The fourth-order valence-corrected chi connectivity index (χ4v) is 2.76. The molecular weight excluding hydrogens is 338 g/mol. The Morgan fingerprint density at radius 1 is 1.08 bits per heavy atom. The van der Waals surface area contributed by atoms with Gasteiger partial charge in [0, 0.05) is 22.3 Å². The van der Waals surface area contributed by atoms with Gasteiger partial charge in [-0.25, -0.2) is 9.97 Å². The zero-order valence-corrected chi connectivity index (χ0v) is 14.2. The van der Waals surface area contributed by atoms with Gasteiger partial charge < -0.3 is 15.8 Å². The molecule has 0 bridgehead atoms. The van der Waals surface area contributed by atoms with E-state index in [-0.39, 0.29) is 17.9 Å². The topological polar surface area (TPSA) is 109 Å².